The lowest BCUT2D eigenvalue weighted by Crippen LogP contribution is -2.49. The number of carbonyl (C=O) groups is 1. The number of rotatable bonds is 2. The zero-order chi connectivity index (χ0) is 13.1. The van der Waals surface area contributed by atoms with Gasteiger partial charge in [0.05, 0.1) is 0 Å². The summed E-state index contributed by atoms with van der Waals surface area (Å²) >= 11 is 3.45. The van der Waals surface area contributed by atoms with E-state index in [0.29, 0.717) is 5.56 Å². The van der Waals surface area contributed by atoms with Crippen molar-refractivity contribution in [3.63, 3.8) is 0 Å². The van der Waals surface area contributed by atoms with E-state index in [1.165, 1.54) is 6.42 Å². The number of amides is 1. The molecule has 1 aliphatic rings. The number of benzene rings is 1. The zero-order valence-electron chi connectivity index (χ0n) is 10.6. The van der Waals surface area contributed by atoms with E-state index in [2.05, 4.69) is 21.2 Å². The topological polar surface area (TPSA) is 55.1 Å². The second-order valence-electron chi connectivity index (χ2n) is 4.99. The molecule has 0 aliphatic heterocycles. The summed E-state index contributed by atoms with van der Waals surface area (Å²) in [7, 11) is 0. The normalized spacial score (nSPS) is 23.7. The number of nitrogens with one attached hydrogen (secondary N) is 1. The van der Waals surface area contributed by atoms with Crippen molar-refractivity contribution in [1.82, 2.24) is 5.32 Å². The summed E-state index contributed by atoms with van der Waals surface area (Å²) in [6.07, 6.45) is 4.31. The van der Waals surface area contributed by atoms with Gasteiger partial charge in [-0.05, 0) is 37.5 Å². The molecule has 1 saturated carbocycles. The van der Waals surface area contributed by atoms with Gasteiger partial charge in [0.2, 0.25) is 0 Å². The van der Waals surface area contributed by atoms with Gasteiger partial charge in [0.15, 0.2) is 0 Å². The molecular formula is C14H19BrN2O. The lowest BCUT2D eigenvalue weighted by Gasteiger charge is -2.29. The summed E-state index contributed by atoms with van der Waals surface area (Å²) in [6, 6.07) is 5.87. The van der Waals surface area contributed by atoms with Crippen LogP contribution in [0.1, 0.15) is 41.6 Å². The molecule has 2 atom stereocenters. The summed E-state index contributed by atoms with van der Waals surface area (Å²) in [4.78, 5) is 12.1. The largest absolute Gasteiger partial charge is 0.348 e. The Morgan fingerprint density at radius 3 is 2.78 bits per heavy atom. The predicted octanol–water partition coefficient (Wildman–Crippen LogP) is 2.76. The minimum Gasteiger partial charge on any atom is -0.348 e. The standard InChI is InChI=1S/C14H19BrN2O/c1-9-6-7-10(8-11(9)15)14(18)17-13-5-3-2-4-12(13)16/h6-8,12-13H,2-5,16H2,1H3,(H,17,18). The summed E-state index contributed by atoms with van der Waals surface area (Å²) < 4.78 is 0.961. The third kappa shape index (κ3) is 3.12. The van der Waals surface area contributed by atoms with Gasteiger partial charge >= 0.3 is 0 Å². The van der Waals surface area contributed by atoms with E-state index in [1.54, 1.807) is 0 Å². The van der Waals surface area contributed by atoms with Crippen LogP contribution in [0.5, 0.6) is 0 Å². The number of hydrogen-bond donors (Lipinski definition) is 2. The fourth-order valence-corrected chi connectivity index (χ4v) is 2.70. The fourth-order valence-electron chi connectivity index (χ4n) is 2.32. The summed E-state index contributed by atoms with van der Waals surface area (Å²) in [5.41, 5.74) is 7.85. The molecule has 2 unspecified atom stereocenters. The van der Waals surface area contributed by atoms with Gasteiger partial charge in [-0.2, -0.15) is 0 Å². The van der Waals surface area contributed by atoms with E-state index in [0.717, 1.165) is 29.3 Å². The van der Waals surface area contributed by atoms with Gasteiger partial charge in [-0.1, -0.05) is 34.8 Å². The Labute approximate surface area is 116 Å². The van der Waals surface area contributed by atoms with Crippen LogP contribution in [0, 0.1) is 6.92 Å². The Morgan fingerprint density at radius 1 is 1.39 bits per heavy atom. The molecular weight excluding hydrogens is 292 g/mol. The van der Waals surface area contributed by atoms with Crippen LogP contribution in [0.2, 0.25) is 0 Å². The van der Waals surface area contributed by atoms with Crippen LogP contribution in [0.3, 0.4) is 0 Å². The van der Waals surface area contributed by atoms with Crippen LogP contribution in [0.4, 0.5) is 0 Å². The molecule has 3 N–H and O–H groups in total. The molecule has 1 amide bonds. The monoisotopic (exact) mass is 310 g/mol. The van der Waals surface area contributed by atoms with E-state index >= 15 is 0 Å². The van der Waals surface area contributed by atoms with Crippen molar-refractivity contribution in [3.05, 3.63) is 33.8 Å². The van der Waals surface area contributed by atoms with Gasteiger partial charge in [0, 0.05) is 22.1 Å². The number of carbonyl (C=O) groups excluding carboxylic acids is 1. The van der Waals surface area contributed by atoms with Crippen molar-refractivity contribution < 1.29 is 4.79 Å². The molecule has 1 aliphatic carbocycles. The van der Waals surface area contributed by atoms with Crippen molar-refractivity contribution in [2.75, 3.05) is 0 Å². The van der Waals surface area contributed by atoms with Crippen molar-refractivity contribution in [2.24, 2.45) is 5.73 Å². The average Bonchev–Trinajstić information content (AvgIpc) is 2.35. The summed E-state index contributed by atoms with van der Waals surface area (Å²) in [5, 5.41) is 3.05. The highest BCUT2D eigenvalue weighted by Gasteiger charge is 2.23. The van der Waals surface area contributed by atoms with E-state index in [9.17, 15) is 4.79 Å². The second-order valence-corrected chi connectivity index (χ2v) is 5.85. The van der Waals surface area contributed by atoms with Crippen LogP contribution in [0.25, 0.3) is 0 Å². The van der Waals surface area contributed by atoms with Gasteiger partial charge in [-0.15, -0.1) is 0 Å². The minimum atomic E-state index is -0.0296. The lowest BCUT2D eigenvalue weighted by atomic mass is 9.91. The first-order chi connectivity index (χ1) is 8.58. The van der Waals surface area contributed by atoms with Crippen LogP contribution >= 0.6 is 15.9 Å². The van der Waals surface area contributed by atoms with Gasteiger partial charge in [-0.25, -0.2) is 0 Å². The first kappa shape index (κ1) is 13.6. The maximum absolute atomic E-state index is 12.1. The summed E-state index contributed by atoms with van der Waals surface area (Å²) in [5.74, 6) is -0.0296. The Morgan fingerprint density at radius 2 is 2.11 bits per heavy atom. The highest BCUT2D eigenvalue weighted by molar-refractivity contribution is 9.10. The van der Waals surface area contributed by atoms with Crippen LogP contribution in [-0.2, 0) is 0 Å². The Bertz CT molecular complexity index is 447. The average molecular weight is 311 g/mol. The van der Waals surface area contributed by atoms with Gasteiger partial charge < -0.3 is 11.1 Å². The number of hydrogen-bond acceptors (Lipinski definition) is 2. The van der Waals surface area contributed by atoms with Crippen molar-refractivity contribution in [3.8, 4) is 0 Å². The van der Waals surface area contributed by atoms with Crippen molar-refractivity contribution >= 4 is 21.8 Å². The van der Waals surface area contributed by atoms with Crippen molar-refractivity contribution in [1.29, 1.82) is 0 Å². The Kier molecular flexibility index (Phi) is 4.40. The molecule has 0 heterocycles. The molecule has 1 aromatic rings. The molecule has 0 radical (unpaired) electrons. The third-order valence-electron chi connectivity index (χ3n) is 3.57. The maximum atomic E-state index is 12.1. The van der Waals surface area contributed by atoms with Crippen molar-refractivity contribution in [2.45, 2.75) is 44.7 Å². The number of nitrogens with two attached hydrogens (primary N) is 1. The zero-order valence-corrected chi connectivity index (χ0v) is 12.2. The van der Waals surface area contributed by atoms with E-state index in [1.807, 2.05) is 25.1 Å². The molecule has 1 aromatic carbocycles. The van der Waals surface area contributed by atoms with E-state index in [-0.39, 0.29) is 18.0 Å². The van der Waals surface area contributed by atoms with Crippen LogP contribution < -0.4 is 11.1 Å². The number of aryl methyl sites for hydroxylation is 1. The molecule has 0 aromatic heterocycles. The second kappa shape index (κ2) is 5.85. The smallest absolute Gasteiger partial charge is 0.251 e. The third-order valence-corrected chi connectivity index (χ3v) is 4.42. The lowest BCUT2D eigenvalue weighted by molar-refractivity contribution is 0.0921. The van der Waals surface area contributed by atoms with Gasteiger partial charge in [0.1, 0.15) is 0 Å². The molecule has 3 nitrogen and oxygen atoms in total. The molecule has 2 rings (SSSR count). The Hall–Kier alpha value is -0.870. The first-order valence-electron chi connectivity index (χ1n) is 6.40. The maximum Gasteiger partial charge on any atom is 0.251 e. The van der Waals surface area contributed by atoms with Gasteiger partial charge in [0.25, 0.3) is 5.91 Å². The molecule has 18 heavy (non-hydrogen) atoms. The van der Waals surface area contributed by atoms with Crippen LogP contribution in [0.15, 0.2) is 22.7 Å². The predicted molar refractivity (Wildman–Crippen MR) is 76.6 cm³/mol. The molecule has 0 spiro atoms. The number of halogens is 1. The highest BCUT2D eigenvalue weighted by atomic mass is 79.9. The minimum absolute atomic E-state index is 0.0296. The molecule has 0 saturated heterocycles. The quantitative estimate of drug-likeness (QED) is 0.882. The van der Waals surface area contributed by atoms with E-state index < -0.39 is 0 Å². The fraction of sp³-hybridized carbons (Fsp3) is 0.500. The highest BCUT2D eigenvalue weighted by Crippen LogP contribution is 2.19. The summed E-state index contributed by atoms with van der Waals surface area (Å²) in [6.45, 7) is 2.00. The Balaban J connectivity index is 2.04. The molecule has 4 heteroatoms. The van der Waals surface area contributed by atoms with E-state index in [4.69, 9.17) is 5.73 Å². The van der Waals surface area contributed by atoms with Crippen LogP contribution in [-0.4, -0.2) is 18.0 Å². The SMILES string of the molecule is Cc1ccc(C(=O)NC2CCCCC2N)cc1Br. The van der Waals surface area contributed by atoms with Gasteiger partial charge in [-0.3, -0.25) is 4.79 Å². The molecule has 0 bridgehead atoms. The first-order valence-corrected chi connectivity index (χ1v) is 7.20. The molecule has 1 fully saturated rings. The molecule has 98 valence electrons.